The van der Waals surface area contributed by atoms with Gasteiger partial charge in [0.05, 0.1) is 0 Å². The third-order valence-corrected chi connectivity index (χ3v) is 1.75. The van der Waals surface area contributed by atoms with Gasteiger partial charge in [-0.15, -0.1) is 0 Å². The molecule has 58 valence electrons. The van der Waals surface area contributed by atoms with Crippen LogP contribution >= 0.6 is 11.6 Å². The number of likely N-dealkylation sites (tertiary alicyclic amines) is 1. The number of carbonyl (C=O) groups is 1. The fourth-order valence-corrected chi connectivity index (χ4v) is 1.15. The Bertz CT molecular complexity index is 145. The molecule has 1 saturated heterocycles. The lowest BCUT2D eigenvalue weighted by molar-refractivity contribution is -0.139. The lowest BCUT2D eigenvalue weighted by Crippen LogP contribution is -2.50. The maximum absolute atomic E-state index is 12.1. The summed E-state index contributed by atoms with van der Waals surface area (Å²) in [6.07, 6.45) is 0. The summed E-state index contributed by atoms with van der Waals surface area (Å²) >= 11 is 4.93. The van der Waals surface area contributed by atoms with Crippen LogP contribution in [0.5, 0.6) is 0 Å². The Hall–Kier alpha value is -0.310. The molecule has 0 bridgehead atoms. The van der Waals surface area contributed by atoms with Crippen molar-refractivity contribution in [2.24, 2.45) is 5.92 Å². The molecular weight excluding hydrogens is 157 g/mol. The predicted octanol–water partition coefficient (Wildman–Crippen LogP) is 0.999. The summed E-state index contributed by atoms with van der Waals surface area (Å²) in [5, 5.41) is 0. The van der Waals surface area contributed by atoms with Gasteiger partial charge in [0.1, 0.15) is 0 Å². The fourth-order valence-electron chi connectivity index (χ4n) is 1.02. The molecule has 0 aliphatic carbocycles. The Morgan fingerprint density at radius 3 is 2.60 bits per heavy atom. The van der Waals surface area contributed by atoms with Crippen molar-refractivity contribution in [3.05, 3.63) is 0 Å². The number of hydrogen-bond acceptors (Lipinski definition) is 1. The van der Waals surface area contributed by atoms with E-state index in [9.17, 15) is 9.18 Å². The Labute approximate surface area is 63.9 Å². The van der Waals surface area contributed by atoms with Crippen molar-refractivity contribution in [1.82, 2.24) is 4.90 Å². The number of carbonyl (C=O) groups excluding carboxylic acids is 1. The molecule has 1 rings (SSSR count). The summed E-state index contributed by atoms with van der Waals surface area (Å²) in [5.74, 6) is -0.0980. The summed E-state index contributed by atoms with van der Waals surface area (Å²) in [5.41, 5.74) is -1.85. The van der Waals surface area contributed by atoms with E-state index < -0.39 is 11.5 Å². The van der Waals surface area contributed by atoms with E-state index in [0.29, 0.717) is 19.0 Å². The van der Waals surface area contributed by atoms with E-state index in [1.54, 1.807) is 0 Å². The second-order valence-electron chi connectivity index (χ2n) is 2.65. The number of halogens is 2. The molecule has 10 heavy (non-hydrogen) atoms. The standard InChI is InChI=1S/C6H9ClFNO/c1-4-2-9(3-4)6(10)5(7)8/h4-5H,2-3H2,1H3. The maximum Gasteiger partial charge on any atom is 0.272 e. The summed E-state index contributed by atoms with van der Waals surface area (Å²) in [7, 11) is 0. The number of hydrogen-bond donors (Lipinski definition) is 0. The molecule has 0 aromatic carbocycles. The highest BCUT2D eigenvalue weighted by molar-refractivity contribution is 6.29. The van der Waals surface area contributed by atoms with Crippen LogP contribution in [0.4, 0.5) is 4.39 Å². The minimum atomic E-state index is -1.85. The van der Waals surface area contributed by atoms with Crippen LogP contribution in [0.2, 0.25) is 0 Å². The first-order valence-corrected chi connectivity index (χ1v) is 3.62. The molecule has 0 N–H and O–H groups in total. The molecular formula is C6H9ClFNO. The van der Waals surface area contributed by atoms with Gasteiger partial charge in [0.25, 0.3) is 11.5 Å². The van der Waals surface area contributed by atoms with E-state index in [2.05, 4.69) is 0 Å². The summed E-state index contributed by atoms with van der Waals surface area (Å²) in [4.78, 5) is 12.1. The lowest BCUT2D eigenvalue weighted by Gasteiger charge is -2.37. The zero-order valence-corrected chi connectivity index (χ0v) is 6.44. The Balaban J connectivity index is 2.31. The normalized spacial score (nSPS) is 22.1. The van der Waals surface area contributed by atoms with Gasteiger partial charge in [0.2, 0.25) is 0 Å². The van der Waals surface area contributed by atoms with Gasteiger partial charge < -0.3 is 4.90 Å². The van der Waals surface area contributed by atoms with E-state index in [1.807, 2.05) is 6.92 Å². The predicted molar refractivity (Wildman–Crippen MR) is 36.5 cm³/mol. The van der Waals surface area contributed by atoms with Crippen molar-refractivity contribution in [2.45, 2.75) is 12.6 Å². The molecule has 0 radical (unpaired) electrons. The molecule has 0 aromatic heterocycles. The summed E-state index contributed by atoms with van der Waals surface area (Å²) < 4.78 is 12.1. The van der Waals surface area contributed by atoms with E-state index in [0.717, 1.165) is 0 Å². The van der Waals surface area contributed by atoms with Gasteiger partial charge in [-0.3, -0.25) is 4.79 Å². The molecule has 4 heteroatoms. The van der Waals surface area contributed by atoms with Crippen LogP contribution in [-0.4, -0.2) is 29.5 Å². The Morgan fingerprint density at radius 1 is 1.80 bits per heavy atom. The van der Waals surface area contributed by atoms with Crippen LogP contribution in [0.15, 0.2) is 0 Å². The van der Waals surface area contributed by atoms with Crippen molar-refractivity contribution >= 4 is 17.5 Å². The van der Waals surface area contributed by atoms with Gasteiger partial charge in [-0.1, -0.05) is 18.5 Å². The summed E-state index contributed by atoms with van der Waals surface area (Å²) in [6, 6.07) is 0. The van der Waals surface area contributed by atoms with Gasteiger partial charge in [-0.05, 0) is 5.92 Å². The van der Waals surface area contributed by atoms with Crippen LogP contribution in [0.3, 0.4) is 0 Å². The van der Waals surface area contributed by atoms with Crippen molar-refractivity contribution in [1.29, 1.82) is 0 Å². The second-order valence-corrected chi connectivity index (χ2v) is 3.03. The quantitative estimate of drug-likeness (QED) is 0.531. The molecule has 1 fully saturated rings. The molecule has 1 unspecified atom stereocenters. The van der Waals surface area contributed by atoms with Crippen molar-refractivity contribution < 1.29 is 9.18 Å². The average molecular weight is 166 g/mol. The van der Waals surface area contributed by atoms with Crippen LogP contribution in [0.1, 0.15) is 6.92 Å². The molecule has 2 nitrogen and oxygen atoms in total. The number of nitrogens with zero attached hydrogens (tertiary/aromatic N) is 1. The van der Waals surface area contributed by atoms with Crippen molar-refractivity contribution in [3.8, 4) is 0 Å². The van der Waals surface area contributed by atoms with Gasteiger partial charge in [0.15, 0.2) is 0 Å². The monoisotopic (exact) mass is 165 g/mol. The third kappa shape index (κ3) is 1.40. The molecule has 0 saturated carbocycles. The van der Waals surface area contributed by atoms with Crippen LogP contribution < -0.4 is 0 Å². The minimum Gasteiger partial charge on any atom is -0.338 e. The topological polar surface area (TPSA) is 20.3 Å². The minimum absolute atomic E-state index is 0.499. The number of amides is 1. The van der Waals surface area contributed by atoms with E-state index in [4.69, 9.17) is 11.6 Å². The first kappa shape index (κ1) is 7.79. The first-order chi connectivity index (χ1) is 4.61. The highest BCUT2D eigenvalue weighted by atomic mass is 35.5. The smallest absolute Gasteiger partial charge is 0.272 e. The average Bonchev–Trinajstić information content (AvgIpc) is 1.79. The van der Waals surface area contributed by atoms with Crippen molar-refractivity contribution in [3.63, 3.8) is 0 Å². The highest BCUT2D eigenvalue weighted by Gasteiger charge is 2.30. The first-order valence-electron chi connectivity index (χ1n) is 3.18. The molecule has 1 atom stereocenters. The van der Waals surface area contributed by atoms with Gasteiger partial charge in [-0.2, -0.15) is 0 Å². The number of rotatable bonds is 1. The molecule has 1 aliphatic heterocycles. The van der Waals surface area contributed by atoms with Gasteiger partial charge >= 0.3 is 0 Å². The van der Waals surface area contributed by atoms with E-state index >= 15 is 0 Å². The van der Waals surface area contributed by atoms with Gasteiger partial charge in [-0.25, -0.2) is 4.39 Å². The second kappa shape index (κ2) is 2.74. The Morgan fingerprint density at radius 2 is 2.30 bits per heavy atom. The molecule has 1 aliphatic rings. The molecule has 1 heterocycles. The van der Waals surface area contributed by atoms with Crippen molar-refractivity contribution in [2.75, 3.05) is 13.1 Å². The number of alkyl halides is 2. The lowest BCUT2D eigenvalue weighted by atomic mass is 10.0. The third-order valence-electron chi connectivity index (χ3n) is 1.56. The van der Waals surface area contributed by atoms with Crippen LogP contribution in [0.25, 0.3) is 0 Å². The van der Waals surface area contributed by atoms with E-state index in [1.165, 1.54) is 4.90 Å². The van der Waals surface area contributed by atoms with Gasteiger partial charge in [0, 0.05) is 13.1 Å². The Kier molecular flexibility index (Phi) is 2.14. The zero-order valence-electron chi connectivity index (χ0n) is 5.68. The van der Waals surface area contributed by atoms with E-state index in [-0.39, 0.29) is 0 Å². The molecule has 1 amide bonds. The summed E-state index contributed by atoms with van der Waals surface area (Å²) in [6.45, 7) is 3.29. The highest BCUT2D eigenvalue weighted by Crippen LogP contribution is 2.17. The SMILES string of the molecule is CC1CN(C(=O)C(F)Cl)C1. The molecule has 0 spiro atoms. The van der Waals surface area contributed by atoms with Crippen LogP contribution in [-0.2, 0) is 4.79 Å². The maximum atomic E-state index is 12.1. The fraction of sp³-hybridized carbons (Fsp3) is 0.833. The van der Waals surface area contributed by atoms with Crippen LogP contribution in [0, 0.1) is 5.92 Å². The molecule has 0 aromatic rings. The zero-order chi connectivity index (χ0) is 7.72. The largest absolute Gasteiger partial charge is 0.338 e.